The first-order valence-electron chi connectivity index (χ1n) is 7.06. The SMILES string of the molecule is CCCCCCCCOc1cc(C)ncc1CN. The zero-order chi connectivity index (χ0) is 13.2. The highest BCUT2D eigenvalue weighted by Crippen LogP contribution is 2.18. The van der Waals surface area contributed by atoms with Crippen LogP contribution in [0.4, 0.5) is 0 Å². The summed E-state index contributed by atoms with van der Waals surface area (Å²) in [4.78, 5) is 4.23. The van der Waals surface area contributed by atoms with Crippen LogP contribution in [0.15, 0.2) is 12.3 Å². The molecule has 0 aliphatic carbocycles. The summed E-state index contributed by atoms with van der Waals surface area (Å²) in [5.41, 5.74) is 7.64. The molecule has 1 aromatic rings. The highest BCUT2D eigenvalue weighted by Gasteiger charge is 2.03. The molecule has 0 aliphatic heterocycles. The summed E-state index contributed by atoms with van der Waals surface area (Å²) in [5.74, 6) is 0.901. The van der Waals surface area contributed by atoms with Crippen molar-refractivity contribution in [3.63, 3.8) is 0 Å². The van der Waals surface area contributed by atoms with Gasteiger partial charge in [0.1, 0.15) is 5.75 Å². The second-order valence-corrected chi connectivity index (χ2v) is 4.75. The van der Waals surface area contributed by atoms with Crippen LogP contribution in [-0.4, -0.2) is 11.6 Å². The second-order valence-electron chi connectivity index (χ2n) is 4.75. The highest BCUT2D eigenvalue weighted by atomic mass is 16.5. The maximum atomic E-state index is 5.80. The van der Waals surface area contributed by atoms with E-state index < -0.39 is 0 Å². The Hall–Kier alpha value is -1.09. The number of unbranched alkanes of at least 4 members (excludes halogenated alkanes) is 5. The largest absolute Gasteiger partial charge is 0.493 e. The normalized spacial score (nSPS) is 10.6. The molecular weight excluding hydrogens is 224 g/mol. The van der Waals surface area contributed by atoms with E-state index in [2.05, 4.69) is 11.9 Å². The number of pyridine rings is 1. The van der Waals surface area contributed by atoms with Crippen LogP contribution in [0, 0.1) is 6.92 Å². The van der Waals surface area contributed by atoms with E-state index in [0.29, 0.717) is 6.54 Å². The molecule has 0 aromatic carbocycles. The van der Waals surface area contributed by atoms with E-state index >= 15 is 0 Å². The number of hydrogen-bond acceptors (Lipinski definition) is 3. The third-order valence-electron chi connectivity index (χ3n) is 3.06. The predicted molar refractivity (Wildman–Crippen MR) is 75.7 cm³/mol. The molecule has 1 heterocycles. The molecule has 0 saturated heterocycles. The molecule has 1 aromatic heterocycles. The first-order valence-corrected chi connectivity index (χ1v) is 7.06. The van der Waals surface area contributed by atoms with Crippen LogP contribution in [0.5, 0.6) is 5.75 Å². The average molecular weight is 250 g/mol. The molecule has 0 fully saturated rings. The van der Waals surface area contributed by atoms with Crippen LogP contribution >= 0.6 is 0 Å². The molecule has 0 saturated carbocycles. The monoisotopic (exact) mass is 250 g/mol. The van der Waals surface area contributed by atoms with Gasteiger partial charge in [0.15, 0.2) is 0 Å². The number of nitrogens with two attached hydrogens (primary N) is 1. The molecule has 0 unspecified atom stereocenters. The van der Waals surface area contributed by atoms with E-state index in [9.17, 15) is 0 Å². The standard InChI is InChI=1S/C15H26N2O/c1-3-4-5-6-7-8-9-18-15-10-13(2)17-12-14(15)11-16/h10,12H,3-9,11,16H2,1-2H3. The van der Waals surface area contributed by atoms with E-state index in [4.69, 9.17) is 10.5 Å². The van der Waals surface area contributed by atoms with Gasteiger partial charge in [-0.2, -0.15) is 0 Å². The van der Waals surface area contributed by atoms with Crippen LogP contribution < -0.4 is 10.5 Å². The van der Waals surface area contributed by atoms with E-state index in [0.717, 1.165) is 30.0 Å². The maximum Gasteiger partial charge on any atom is 0.127 e. The van der Waals surface area contributed by atoms with Gasteiger partial charge < -0.3 is 10.5 Å². The molecule has 3 heteroatoms. The topological polar surface area (TPSA) is 48.1 Å². The van der Waals surface area contributed by atoms with Gasteiger partial charge in [-0.05, 0) is 13.3 Å². The summed E-state index contributed by atoms with van der Waals surface area (Å²) in [6.45, 7) is 5.48. The van der Waals surface area contributed by atoms with E-state index in [-0.39, 0.29) is 0 Å². The summed E-state index contributed by atoms with van der Waals surface area (Å²) in [5, 5.41) is 0. The summed E-state index contributed by atoms with van der Waals surface area (Å²) in [7, 11) is 0. The molecule has 0 spiro atoms. The Balaban J connectivity index is 2.24. The van der Waals surface area contributed by atoms with Crippen molar-refractivity contribution >= 4 is 0 Å². The molecule has 1 rings (SSSR count). The smallest absolute Gasteiger partial charge is 0.127 e. The minimum absolute atomic E-state index is 0.485. The molecule has 0 bridgehead atoms. The number of aromatic nitrogens is 1. The number of ether oxygens (including phenoxy) is 1. The Morgan fingerprint density at radius 3 is 2.61 bits per heavy atom. The Kier molecular flexibility index (Phi) is 7.42. The lowest BCUT2D eigenvalue weighted by Crippen LogP contribution is -2.05. The van der Waals surface area contributed by atoms with Crippen molar-refractivity contribution in [2.24, 2.45) is 5.73 Å². The van der Waals surface area contributed by atoms with Gasteiger partial charge in [0, 0.05) is 30.1 Å². The van der Waals surface area contributed by atoms with Crippen molar-refractivity contribution in [3.05, 3.63) is 23.5 Å². The lowest BCUT2D eigenvalue weighted by Gasteiger charge is -2.10. The number of rotatable bonds is 9. The van der Waals surface area contributed by atoms with Crippen molar-refractivity contribution in [2.45, 2.75) is 58.9 Å². The van der Waals surface area contributed by atoms with Gasteiger partial charge in [-0.25, -0.2) is 0 Å². The summed E-state index contributed by atoms with van der Waals surface area (Å²) < 4.78 is 5.80. The fourth-order valence-electron chi connectivity index (χ4n) is 1.92. The van der Waals surface area contributed by atoms with Gasteiger partial charge in [-0.1, -0.05) is 39.0 Å². The zero-order valence-corrected chi connectivity index (χ0v) is 11.7. The Morgan fingerprint density at radius 1 is 1.17 bits per heavy atom. The fraction of sp³-hybridized carbons (Fsp3) is 0.667. The average Bonchev–Trinajstić information content (AvgIpc) is 2.38. The molecule has 3 nitrogen and oxygen atoms in total. The highest BCUT2D eigenvalue weighted by molar-refractivity contribution is 5.32. The third kappa shape index (κ3) is 5.50. The van der Waals surface area contributed by atoms with Crippen molar-refractivity contribution in [2.75, 3.05) is 6.61 Å². The fourth-order valence-corrected chi connectivity index (χ4v) is 1.92. The van der Waals surface area contributed by atoms with Crippen LogP contribution in [0.1, 0.15) is 56.7 Å². The van der Waals surface area contributed by atoms with Crippen molar-refractivity contribution < 1.29 is 4.74 Å². The molecule has 2 N–H and O–H groups in total. The summed E-state index contributed by atoms with van der Waals surface area (Å²) >= 11 is 0. The molecule has 18 heavy (non-hydrogen) atoms. The van der Waals surface area contributed by atoms with Crippen molar-refractivity contribution in [1.82, 2.24) is 4.98 Å². The zero-order valence-electron chi connectivity index (χ0n) is 11.7. The Bertz CT molecular complexity index is 339. The molecule has 102 valence electrons. The third-order valence-corrected chi connectivity index (χ3v) is 3.06. The van der Waals surface area contributed by atoms with Gasteiger partial charge in [-0.15, -0.1) is 0 Å². The van der Waals surface area contributed by atoms with Gasteiger partial charge in [0.05, 0.1) is 6.61 Å². The van der Waals surface area contributed by atoms with Crippen molar-refractivity contribution in [1.29, 1.82) is 0 Å². The van der Waals surface area contributed by atoms with E-state index in [1.165, 1.54) is 32.1 Å². The number of hydrogen-bond donors (Lipinski definition) is 1. The summed E-state index contributed by atoms with van der Waals surface area (Å²) in [6, 6.07) is 1.97. The minimum atomic E-state index is 0.485. The van der Waals surface area contributed by atoms with Gasteiger partial charge in [-0.3, -0.25) is 4.98 Å². The first kappa shape index (κ1) is 15.0. The molecule has 0 amide bonds. The van der Waals surface area contributed by atoms with Crippen LogP contribution in [-0.2, 0) is 6.54 Å². The first-order chi connectivity index (χ1) is 8.77. The van der Waals surface area contributed by atoms with Crippen LogP contribution in [0.25, 0.3) is 0 Å². The second kappa shape index (κ2) is 8.92. The van der Waals surface area contributed by atoms with Crippen LogP contribution in [0.3, 0.4) is 0 Å². The molecule has 0 aliphatic rings. The number of nitrogens with zero attached hydrogens (tertiary/aromatic N) is 1. The maximum absolute atomic E-state index is 5.80. The lowest BCUT2D eigenvalue weighted by atomic mass is 10.1. The van der Waals surface area contributed by atoms with Crippen molar-refractivity contribution in [3.8, 4) is 5.75 Å². The van der Waals surface area contributed by atoms with Gasteiger partial charge in [0.2, 0.25) is 0 Å². The van der Waals surface area contributed by atoms with Crippen LogP contribution in [0.2, 0.25) is 0 Å². The molecule has 0 atom stereocenters. The van der Waals surface area contributed by atoms with E-state index in [1.807, 2.05) is 19.2 Å². The molecule has 0 radical (unpaired) electrons. The summed E-state index contributed by atoms with van der Waals surface area (Å²) in [6.07, 6.45) is 9.49. The minimum Gasteiger partial charge on any atom is -0.493 e. The van der Waals surface area contributed by atoms with Gasteiger partial charge >= 0.3 is 0 Å². The number of aryl methyl sites for hydroxylation is 1. The lowest BCUT2D eigenvalue weighted by molar-refractivity contribution is 0.301. The Morgan fingerprint density at radius 2 is 1.89 bits per heavy atom. The Labute approximate surface area is 111 Å². The predicted octanol–water partition coefficient (Wildman–Crippen LogP) is 3.59. The van der Waals surface area contributed by atoms with Gasteiger partial charge in [0.25, 0.3) is 0 Å². The quantitative estimate of drug-likeness (QED) is 0.681. The van der Waals surface area contributed by atoms with E-state index in [1.54, 1.807) is 0 Å². The molecular formula is C15H26N2O.